The Kier molecular flexibility index (Phi) is 6.49. The van der Waals surface area contributed by atoms with E-state index in [2.05, 4.69) is 59.0 Å². The average Bonchev–Trinajstić information content (AvgIpc) is 1.84. The fourth-order valence-corrected chi connectivity index (χ4v) is 2.24. The molecule has 3 heteroatoms. The van der Waals surface area contributed by atoms with Crippen molar-refractivity contribution in [3.63, 3.8) is 0 Å². The Bertz CT molecular complexity index is 110. The van der Waals surface area contributed by atoms with E-state index in [1.54, 1.807) is 0 Å². The third-order valence-electron chi connectivity index (χ3n) is 1.43. The van der Waals surface area contributed by atoms with Crippen molar-refractivity contribution in [3.05, 3.63) is 0 Å². The van der Waals surface area contributed by atoms with E-state index in [9.17, 15) is 0 Å². The maximum absolute atomic E-state index is 3.32. The summed E-state index contributed by atoms with van der Waals surface area (Å²) in [5, 5.41) is 3.32. The van der Waals surface area contributed by atoms with Crippen LogP contribution >= 0.6 is 22.9 Å². The fourth-order valence-electron chi connectivity index (χ4n) is 0.971. The van der Waals surface area contributed by atoms with E-state index in [4.69, 9.17) is 0 Å². The summed E-state index contributed by atoms with van der Waals surface area (Å²) in [6.07, 6.45) is 0. The topological polar surface area (TPSA) is 15.3 Å². The number of rotatable bonds is 5. The van der Waals surface area contributed by atoms with Gasteiger partial charge in [0.25, 0.3) is 0 Å². The summed E-state index contributed by atoms with van der Waals surface area (Å²) < 4.78 is 2.35. The van der Waals surface area contributed by atoms with Gasteiger partial charge in [-0.1, -0.05) is 27.7 Å². The molecule has 0 unspecified atom stereocenters. The van der Waals surface area contributed by atoms with Crippen molar-refractivity contribution in [2.24, 2.45) is 5.41 Å². The molecule has 0 amide bonds. The molecule has 0 aromatic heterocycles. The molecule has 0 heterocycles. The van der Waals surface area contributed by atoms with Gasteiger partial charge in [0, 0.05) is 42.5 Å². The van der Waals surface area contributed by atoms with Gasteiger partial charge < -0.3 is 5.32 Å². The molecule has 0 atom stereocenters. The zero-order valence-corrected chi connectivity index (χ0v) is 10.8. The Morgan fingerprint density at radius 2 is 1.92 bits per heavy atom. The lowest BCUT2D eigenvalue weighted by molar-refractivity contribution is 0.316. The third-order valence-corrected chi connectivity index (χ3v) is 2.25. The predicted molar refractivity (Wildman–Crippen MR) is 63.6 cm³/mol. The normalized spacial score (nSPS) is 12.5. The number of nitrogens with one attached hydrogen (secondary N) is 1. The zero-order chi connectivity index (χ0) is 9.61. The van der Waals surface area contributed by atoms with Crippen molar-refractivity contribution in [2.45, 2.75) is 27.7 Å². The number of hydrogen-bond acceptors (Lipinski definition) is 2. The summed E-state index contributed by atoms with van der Waals surface area (Å²) in [7, 11) is 0. The van der Waals surface area contributed by atoms with Gasteiger partial charge in [-0.3, -0.25) is 0 Å². The van der Waals surface area contributed by atoms with Gasteiger partial charge in [-0.25, -0.2) is 3.11 Å². The van der Waals surface area contributed by atoms with E-state index in [1.165, 1.54) is 0 Å². The standard InChI is InChI=1S/C9H21IN2/c1-5-11-6-7-12(10)8-9(2,3)4/h11H,5-8H2,1-4H3. The van der Waals surface area contributed by atoms with Gasteiger partial charge in [-0.05, 0) is 12.0 Å². The molecule has 0 saturated heterocycles. The first-order valence-corrected chi connectivity index (χ1v) is 5.53. The molecule has 0 radical (unpaired) electrons. The van der Waals surface area contributed by atoms with Crippen LogP contribution in [0, 0.1) is 5.41 Å². The molecule has 0 rings (SSSR count). The lowest BCUT2D eigenvalue weighted by atomic mass is 9.97. The van der Waals surface area contributed by atoms with Crippen molar-refractivity contribution in [1.82, 2.24) is 8.43 Å². The zero-order valence-electron chi connectivity index (χ0n) is 8.65. The van der Waals surface area contributed by atoms with Gasteiger partial charge in [0.05, 0.1) is 0 Å². The lowest BCUT2D eigenvalue weighted by Crippen LogP contribution is -2.31. The quantitative estimate of drug-likeness (QED) is 0.473. The van der Waals surface area contributed by atoms with Gasteiger partial charge in [0.1, 0.15) is 0 Å². The molecule has 0 aliphatic carbocycles. The summed E-state index contributed by atoms with van der Waals surface area (Å²) >= 11 is 2.40. The predicted octanol–water partition coefficient (Wildman–Crippen LogP) is 2.29. The smallest absolute Gasteiger partial charge is 0.0206 e. The second-order valence-corrected chi connectivity index (χ2v) is 5.62. The van der Waals surface area contributed by atoms with Crippen LogP contribution in [0.1, 0.15) is 27.7 Å². The number of hydrogen-bond donors (Lipinski definition) is 1. The second kappa shape index (κ2) is 6.16. The van der Waals surface area contributed by atoms with E-state index in [0.717, 1.165) is 26.2 Å². The number of halogens is 1. The molecular weight excluding hydrogens is 263 g/mol. The molecular formula is C9H21IN2. The van der Waals surface area contributed by atoms with Crippen LogP contribution in [0.2, 0.25) is 0 Å². The first-order chi connectivity index (χ1) is 5.45. The minimum absolute atomic E-state index is 0.410. The average molecular weight is 284 g/mol. The maximum atomic E-state index is 3.32. The van der Waals surface area contributed by atoms with E-state index >= 15 is 0 Å². The minimum atomic E-state index is 0.410. The van der Waals surface area contributed by atoms with E-state index in [-0.39, 0.29) is 0 Å². The molecule has 0 aliphatic heterocycles. The van der Waals surface area contributed by atoms with Crippen LogP contribution in [0.15, 0.2) is 0 Å². The molecule has 2 nitrogen and oxygen atoms in total. The van der Waals surface area contributed by atoms with Crippen LogP contribution in [0.5, 0.6) is 0 Å². The van der Waals surface area contributed by atoms with Crippen molar-refractivity contribution in [1.29, 1.82) is 0 Å². The van der Waals surface area contributed by atoms with Gasteiger partial charge in [-0.2, -0.15) is 0 Å². The Balaban J connectivity index is 3.40. The van der Waals surface area contributed by atoms with E-state index in [0.29, 0.717) is 5.41 Å². The van der Waals surface area contributed by atoms with Crippen molar-refractivity contribution < 1.29 is 0 Å². The molecule has 0 spiro atoms. The fraction of sp³-hybridized carbons (Fsp3) is 1.00. The van der Waals surface area contributed by atoms with Crippen molar-refractivity contribution >= 4 is 22.9 Å². The SMILES string of the molecule is CCNCCN(I)CC(C)(C)C. The highest BCUT2D eigenvalue weighted by Crippen LogP contribution is 2.16. The summed E-state index contributed by atoms with van der Waals surface area (Å²) in [5.41, 5.74) is 0.410. The molecule has 12 heavy (non-hydrogen) atoms. The van der Waals surface area contributed by atoms with Gasteiger partial charge in [0.2, 0.25) is 0 Å². The maximum Gasteiger partial charge on any atom is 0.0206 e. The molecule has 0 aliphatic rings. The summed E-state index contributed by atoms with van der Waals surface area (Å²) in [4.78, 5) is 0. The third kappa shape index (κ3) is 8.74. The molecule has 0 aromatic carbocycles. The highest BCUT2D eigenvalue weighted by atomic mass is 127. The second-order valence-electron chi connectivity index (χ2n) is 4.26. The Morgan fingerprint density at radius 3 is 2.33 bits per heavy atom. The summed E-state index contributed by atoms with van der Waals surface area (Å²) in [5.74, 6) is 0. The molecule has 0 fully saturated rings. The minimum Gasteiger partial charge on any atom is -0.316 e. The van der Waals surface area contributed by atoms with Crippen LogP contribution in [0.4, 0.5) is 0 Å². The molecule has 0 bridgehead atoms. The van der Waals surface area contributed by atoms with E-state index in [1.807, 2.05) is 0 Å². The van der Waals surface area contributed by atoms with Crippen LogP contribution in [0.25, 0.3) is 0 Å². The molecule has 1 N–H and O–H groups in total. The highest BCUT2D eigenvalue weighted by Gasteiger charge is 2.13. The number of likely N-dealkylation sites (N-methyl/N-ethyl adjacent to an activating group) is 1. The molecule has 0 aromatic rings. The van der Waals surface area contributed by atoms with Gasteiger partial charge in [-0.15, -0.1) is 0 Å². The summed E-state index contributed by atoms with van der Waals surface area (Å²) in [6.45, 7) is 13.4. The van der Waals surface area contributed by atoms with Crippen molar-refractivity contribution in [2.75, 3.05) is 26.2 Å². The molecule has 74 valence electrons. The largest absolute Gasteiger partial charge is 0.316 e. The highest BCUT2D eigenvalue weighted by molar-refractivity contribution is 14.1. The molecule has 0 saturated carbocycles. The Labute approximate surface area is 90.6 Å². The van der Waals surface area contributed by atoms with Crippen LogP contribution in [-0.2, 0) is 0 Å². The van der Waals surface area contributed by atoms with Crippen LogP contribution in [0.3, 0.4) is 0 Å². The van der Waals surface area contributed by atoms with Crippen LogP contribution in [-0.4, -0.2) is 29.3 Å². The Hall–Kier alpha value is 0.650. The van der Waals surface area contributed by atoms with Gasteiger partial charge in [0.15, 0.2) is 0 Å². The first kappa shape index (κ1) is 12.7. The summed E-state index contributed by atoms with van der Waals surface area (Å²) in [6, 6.07) is 0. The van der Waals surface area contributed by atoms with Crippen molar-refractivity contribution in [3.8, 4) is 0 Å². The van der Waals surface area contributed by atoms with Crippen LogP contribution < -0.4 is 5.32 Å². The first-order valence-electron chi connectivity index (χ1n) is 4.57. The monoisotopic (exact) mass is 284 g/mol. The number of nitrogens with zero attached hydrogens (tertiary/aromatic N) is 1. The van der Waals surface area contributed by atoms with Gasteiger partial charge >= 0.3 is 0 Å². The Morgan fingerprint density at radius 1 is 1.33 bits per heavy atom. The lowest BCUT2D eigenvalue weighted by Gasteiger charge is -2.24. The van der Waals surface area contributed by atoms with E-state index < -0.39 is 0 Å².